The van der Waals surface area contributed by atoms with Crippen molar-refractivity contribution in [1.29, 1.82) is 0 Å². The lowest BCUT2D eigenvalue weighted by molar-refractivity contribution is 0.153. The third-order valence-electron chi connectivity index (χ3n) is 4.16. The van der Waals surface area contributed by atoms with Crippen LogP contribution in [0.5, 0.6) is 0 Å². The van der Waals surface area contributed by atoms with Crippen LogP contribution in [0.4, 0.5) is 0 Å². The van der Waals surface area contributed by atoms with Gasteiger partial charge in [0.2, 0.25) is 0 Å². The Kier molecular flexibility index (Phi) is 4.22. The molecule has 0 aromatic rings. The van der Waals surface area contributed by atoms with Gasteiger partial charge in [-0.25, -0.2) is 0 Å². The molecule has 0 bridgehead atoms. The Morgan fingerprint density at radius 3 is 2.25 bits per heavy atom. The van der Waals surface area contributed by atoms with Crippen molar-refractivity contribution in [3.63, 3.8) is 0 Å². The molecule has 1 aliphatic rings. The highest BCUT2D eigenvalue weighted by Gasteiger charge is 2.39. The van der Waals surface area contributed by atoms with E-state index < -0.39 is 8.32 Å². The number of nitrogens with two attached hydrogens (primary N) is 1. The van der Waals surface area contributed by atoms with Crippen LogP contribution < -0.4 is 5.73 Å². The highest BCUT2D eigenvalue weighted by molar-refractivity contribution is 6.74. The molecule has 0 heterocycles. The molecular weight excluding hydrogens is 218 g/mol. The molecule has 0 radical (unpaired) electrons. The summed E-state index contributed by atoms with van der Waals surface area (Å²) in [5.74, 6) is 0.444. The summed E-state index contributed by atoms with van der Waals surface area (Å²) >= 11 is 0. The Bertz CT molecular complexity index is 228. The van der Waals surface area contributed by atoms with Gasteiger partial charge in [-0.2, -0.15) is 0 Å². The molecule has 0 spiro atoms. The van der Waals surface area contributed by atoms with E-state index in [-0.39, 0.29) is 17.2 Å². The van der Waals surface area contributed by atoms with E-state index in [1.165, 1.54) is 0 Å². The summed E-state index contributed by atoms with van der Waals surface area (Å²) in [4.78, 5) is 0. The molecule has 3 N–H and O–H groups in total. The number of hydrogen-bond acceptors (Lipinski definition) is 3. The first-order valence-electron chi connectivity index (χ1n) is 6.21. The average Bonchev–Trinajstić information content (AvgIpc) is 2.41. The fourth-order valence-electron chi connectivity index (χ4n) is 1.83. The van der Waals surface area contributed by atoms with Crippen LogP contribution in [0.25, 0.3) is 0 Å². The van der Waals surface area contributed by atoms with Crippen molar-refractivity contribution in [2.75, 3.05) is 6.61 Å². The lowest BCUT2D eigenvalue weighted by atomic mass is 10.1. The van der Waals surface area contributed by atoms with E-state index in [0.29, 0.717) is 5.92 Å². The van der Waals surface area contributed by atoms with Crippen molar-refractivity contribution in [2.45, 2.75) is 63.9 Å². The maximum atomic E-state index is 9.59. The molecule has 0 aliphatic heterocycles. The lowest BCUT2D eigenvalue weighted by Gasteiger charge is -2.37. The monoisotopic (exact) mass is 245 g/mol. The molecule has 3 nitrogen and oxygen atoms in total. The van der Waals surface area contributed by atoms with Gasteiger partial charge in [0.25, 0.3) is 0 Å². The van der Waals surface area contributed by atoms with Crippen molar-refractivity contribution >= 4 is 8.32 Å². The quantitative estimate of drug-likeness (QED) is 0.749. The standard InChI is InChI=1S/C12H27NO2Si/c1-12(2,3)16(4,5)15-8-9-6-10(13)11(14)7-9/h9-11,14H,6-8,13H2,1-5H3/t9-,10+,11-/m0/s1. The highest BCUT2D eigenvalue weighted by Crippen LogP contribution is 2.37. The Hall–Kier alpha value is 0.0969. The minimum Gasteiger partial charge on any atom is -0.417 e. The molecule has 1 aliphatic carbocycles. The van der Waals surface area contributed by atoms with Crippen molar-refractivity contribution in [1.82, 2.24) is 0 Å². The van der Waals surface area contributed by atoms with E-state index >= 15 is 0 Å². The summed E-state index contributed by atoms with van der Waals surface area (Å²) < 4.78 is 6.15. The fraction of sp³-hybridized carbons (Fsp3) is 1.00. The summed E-state index contributed by atoms with van der Waals surface area (Å²) in [6.07, 6.45) is 1.37. The number of rotatable bonds is 3. The predicted molar refractivity (Wildman–Crippen MR) is 69.9 cm³/mol. The van der Waals surface area contributed by atoms with Crippen LogP contribution in [0, 0.1) is 5.92 Å². The topological polar surface area (TPSA) is 55.5 Å². The van der Waals surface area contributed by atoms with Crippen LogP contribution in [0.2, 0.25) is 18.1 Å². The summed E-state index contributed by atoms with van der Waals surface area (Å²) in [5.41, 5.74) is 5.80. The van der Waals surface area contributed by atoms with Gasteiger partial charge in [-0.05, 0) is 36.9 Å². The molecule has 0 saturated heterocycles. The maximum absolute atomic E-state index is 9.59. The zero-order chi connectivity index (χ0) is 12.6. The van der Waals surface area contributed by atoms with Gasteiger partial charge in [0.05, 0.1) is 6.10 Å². The van der Waals surface area contributed by atoms with E-state index in [0.717, 1.165) is 19.4 Å². The lowest BCUT2D eigenvalue weighted by Crippen LogP contribution is -2.41. The third kappa shape index (κ3) is 3.29. The molecular formula is C12H27NO2Si. The van der Waals surface area contributed by atoms with Gasteiger partial charge < -0.3 is 15.3 Å². The smallest absolute Gasteiger partial charge is 0.191 e. The van der Waals surface area contributed by atoms with Gasteiger partial charge in [0.15, 0.2) is 8.32 Å². The van der Waals surface area contributed by atoms with Gasteiger partial charge in [-0.15, -0.1) is 0 Å². The van der Waals surface area contributed by atoms with E-state index in [1.807, 2.05) is 0 Å². The van der Waals surface area contributed by atoms with Gasteiger partial charge in [-0.1, -0.05) is 20.8 Å². The van der Waals surface area contributed by atoms with Crippen LogP contribution in [0.3, 0.4) is 0 Å². The van der Waals surface area contributed by atoms with E-state index in [1.54, 1.807) is 0 Å². The Balaban J connectivity index is 2.41. The summed E-state index contributed by atoms with van der Waals surface area (Å²) in [7, 11) is -1.64. The number of aliphatic hydroxyl groups excluding tert-OH is 1. The molecule has 1 fully saturated rings. The number of hydrogen-bond donors (Lipinski definition) is 2. The first kappa shape index (κ1) is 14.2. The minimum atomic E-state index is -1.64. The first-order valence-corrected chi connectivity index (χ1v) is 9.12. The molecule has 3 atom stereocenters. The second-order valence-electron chi connectivity index (χ2n) is 6.64. The van der Waals surface area contributed by atoms with Crippen LogP contribution in [0.15, 0.2) is 0 Å². The summed E-state index contributed by atoms with van der Waals surface area (Å²) in [6.45, 7) is 12.0. The summed E-state index contributed by atoms with van der Waals surface area (Å²) in [6, 6.07) is -0.0481. The maximum Gasteiger partial charge on any atom is 0.191 e. The normalized spacial score (nSPS) is 32.1. The van der Waals surface area contributed by atoms with Gasteiger partial charge in [0, 0.05) is 12.6 Å². The zero-order valence-electron chi connectivity index (χ0n) is 11.3. The van der Waals surface area contributed by atoms with Crippen LogP contribution in [-0.4, -0.2) is 32.2 Å². The van der Waals surface area contributed by atoms with Crippen molar-refractivity contribution in [2.24, 2.45) is 11.7 Å². The average molecular weight is 245 g/mol. The highest BCUT2D eigenvalue weighted by atomic mass is 28.4. The zero-order valence-corrected chi connectivity index (χ0v) is 12.3. The molecule has 0 aromatic heterocycles. The number of aliphatic hydroxyl groups is 1. The fourth-order valence-corrected chi connectivity index (χ4v) is 2.92. The third-order valence-corrected chi connectivity index (χ3v) is 8.66. The molecule has 1 rings (SSSR count). The largest absolute Gasteiger partial charge is 0.417 e. The first-order chi connectivity index (χ1) is 7.13. The molecule has 0 amide bonds. The predicted octanol–water partition coefficient (Wildman–Crippen LogP) is 2.11. The second kappa shape index (κ2) is 4.76. The Morgan fingerprint density at radius 1 is 1.31 bits per heavy atom. The van der Waals surface area contributed by atoms with Crippen LogP contribution >= 0.6 is 0 Å². The van der Waals surface area contributed by atoms with Crippen molar-refractivity contribution < 1.29 is 9.53 Å². The molecule has 96 valence electrons. The van der Waals surface area contributed by atoms with Crippen LogP contribution in [0.1, 0.15) is 33.6 Å². The SMILES string of the molecule is CC(C)(C)[Si](C)(C)OC[C@H]1C[C@@H](N)[C@@H](O)C1. The van der Waals surface area contributed by atoms with Crippen molar-refractivity contribution in [3.8, 4) is 0 Å². The Morgan fingerprint density at radius 2 is 1.88 bits per heavy atom. The molecule has 4 heteroatoms. The van der Waals surface area contributed by atoms with Crippen LogP contribution in [-0.2, 0) is 4.43 Å². The molecule has 1 saturated carbocycles. The minimum absolute atomic E-state index is 0.0481. The second-order valence-corrected chi connectivity index (χ2v) is 11.4. The van der Waals surface area contributed by atoms with E-state index in [4.69, 9.17) is 10.2 Å². The summed E-state index contributed by atoms with van der Waals surface area (Å²) in [5, 5.41) is 9.84. The van der Waals surface area contributed by atoms with Crippen molar-refractivity contribution in [3.05, 3.63) is 0 Å². The van der Waals surface area contributed by atoms with Gasteiger partial charge >= 0.3 is 0 Å². The molecule has 0 aromatic carbocycles. The Labute approximate surface area is 100 Å². The van der Waals surface area contributed by atoms with E-state index in [9.17, 15) is 5.11 Å². The van der Waals surface area contributed by atoms with Gasteiger partial charge in [0.1, 0.15) is 0 Å². The molecule has 16 heavy (non-hydrogen) atoms. The molecule has 0 unspecified atom stereocenters. The van der Waals surface area contributed by atoms with Gasteiger partial charge in [-0.3, -0.25) is 0 Å². The van der Waals surface area contributed by atoms with E-state index in [2.05, 4.69) is 33.9 Å².